The molecule has 1 aliphatic carbocycles. The maximum Gasteiger partial charge on any atom is 0.162 e. The summed E-state index contributed by atoms with van der Waals surface area (Å²) in [6, 6.07) is 4.38. The maximum atomic E-state index is 5.49. The summed E-state index contributed by atoms with van der Waals surface area (Å²) < 4.78 is 10.9. The van der Waals surface area contributed by atoms with Gasteiger partial charge in [-0.25, -0.2) is 9.97 Å². The molecule has 1 aromatic carbocycles. The van der Waals surface area contributed by atoms with Crippen LogP contribution in [0.25, 0.3) is 10.9 Å². The van der Waals surface area contributed by atoms with Crippen LogP contribution in [-0.2, 0) is 0 Å². The van der Waals surface area contributed by atoms with Crippen LogP contribution >= 0.6 is 0 Å². The molecule has 2 fully saturated rings. The summed E-state index contributed by atoms with van der Waals surface area (Å²) in [4.78, 5) is 12.2. The average molecular weight is 328 g/mol. The highest BCUT2D eigenvalue weighted by Gasteiger charge is 2.30. The fourth-order valence-corrected chi connectivity index (χ4v) is 3.36. The molecule has 4 rings (SSSR count). The van der Waals surface area contributed by atoms with Crippen molar-refractivity contribution in [3.8, 4) is 11.5 Å². The van der Waals surface area contributed by atoms with E-state index in [1.54, 1.807) is 14.2 Å². The van der Waals surface area contributed by atoms with E-state index in [1.165, 1.54) is 12.8 Å². The number of anilines is 1. The molecule has 0 bridgehead atoms. The topological polar surface area (TPSA) is 59.5 Å². The number of piperazine rings is 1. The van der Waals surface area contributed by atoms with E-state index in [-0.39, 0.29) is 0 Å². The van der Waals surface area contributed by atoms with Gasteiger partial charge < -0.3 is 19.7 Å². The second-order valence-electron chi connectivity index (χ2n) is 6.65. The first-order chi connectivity index (χ1) is 11.7. The number of fused-ring (bicyclic) bond motifs is 1. The van der Waals surface area contributed by atoms with E-state index in [1.807, 2.05) is 12.1 Å². The van der Waals surface area contributed by atoms with Crippen LogP contribution in [0.1, 0.15) is 31.5 Å². The Balaban J connectivity index is 1.91. The molecule has 1 N–H and O–H groups in total. The van der Waals surface area contributed by atoms with Crippen molar-refractivity contribution >= 4 is 16.7 Å². The lowest BCUT2D eigenvalue weighted by molar-refractivity contribution is 0.355. The van der Waals surface area contributed by atoms with Crippen molar-refractivity contribution in [2.24, 2.45) is 0 Å². The third-order valence-electron chi connectivity index (χ3n) is 4.91. The number of nitrogens with one attached hydrogen (secondary N) is 1. The Kier molecular flexibility index (Phi) is 3.92. The summed E-state index contributed by atoms with van der Waals surface area (Å²) in [6.45, 7) is 5.13. The van der Waals surface area contributed by atoms with E-state index in [4.69, 9.17) is 19.4 Å². The Hall–Kier alpha value is -2.08. The lowest BCUT2D eigenvalue weighted by Crippen LogP contribution is -2.50. The molecule has 2 heterocycles. The minimum Gasteiger partial charge on any atom is -0.493 e. The number of nitrogens with zero attached hydrogens (tertiary/aromatic N) is 3. The second-order valence-corrected chi connectivity index (χ2v) is 6.65. The summed E-state index contributed by atoms with van der Waals surface area (Å²) in [5, 5.41) is 4.48. The molecule has 0 spiro atoms. The lowest BCUT2D eigenvalue weighted by Gasteiger charge is -2.35. The SMILES string of the molecule is COc1cc2nc(C3CC3)nc(N3CCNCC3C)c2cc1OC. The summed E-state index contributed by atoms with van der Waals surface area (Å²) in [5.41, 5.74) is 0.935. The molecule has 2 aliphatic rings. The van der Waals surface area contributed by atoms with Gasteiger partial charge in [0.2, 0.25) is 0 Å². The normalized spacial score (nSPS) is 21.1. The van der Waals surface area contributed by atoms with Crippen molar-refractivity contribution in [3.05, 3.63) is 18.0 Å². The van der Waals surface area contributed by atoms with Crippen molar-refractivity contribution in [1.82, 2.24) is 15.3 Å². The van der Waals surface area contributed by atoms with Crippen molar-refractivity contribution in [3.63, 3.8) is 0 Å². The molecule has 1 atom stereocenters. The molecule has 6 heteroatoms. The van der Waals surface area contributed by atoms with E-state index in [0.29, 0.717) is 17.7 Å². The number of rotatable bonds is 4. The predicted octanol–water partition coefficient (Wildman–Crippen LogP) is 2.32. The largest absolute Gasteiger partial charge is 0.493 e. The van der Waals surface area contributed by atoms with Gasteiger partial charge in [-0.1, -0.05) is 0 Å². The zero-order chi connectivity index (χ0) is 16.7. The number of aromatic nitrogens is 2. The van der Waals surface area contributed by atoms with Crippen molar-refractivity contribution in [1.29, 1.82) is 0 Å². The van der Waals surface area contributed by atoms with Crippen LogP contribution in [0.15, 0.2) is 12.1 Å². The van der Waals surface area contributed by atoms with Gasteiger partial charge in [0.25, 0.3) is 0 Å². The van der Waals surface area contributed by atoms with Crippen LogP contribution in [0.3, 0.4) is 0 Å². The summed E-state index contributed by atoms with van der Waals surface area (Å²) in [7, 11) is 3.32. The third kappa shape index (κ3) is 2.65. The second kappa shape index (κ2) is 6.09. The summed E-state index contributed by atoms with van der Waals surface area (Å²) in [6.07, 6.45) is 2.38. The number of hydrogen-bond donors (Lipinski definition) is 1. The Bertz CT molecular complexity index is 760. The quantitative estimate of drug-likeness (QED) is 0.929. The standard InChI is InChI=1S/C18H24N4O2/c1-11-10-19-6-7-22(11)18-13-8-15(23-2)16(24-3)9-14(13)20-17(21-18)12-4-5-12/h8-9,11-12,19H,4-7,10H2,1-3H3. The third-order valence-corrected chi connectivity index (χ3v) is 4.91. The molecule has 6 nitrogen and oxygen atoms in total. The number of methoxy groups -OCH3 is 2. The molecule has 1 saturated heterocycles. The molecule has 1 saturated carbocycles. The molecule has 0 radical (unpaired) electrons. The van der Waals surface area contributed by atoms with Crippen LogP contribution < -0.4 is 19.7 Å². The van der Waals surface area contributed by atoms with Gasteiger partial charge in [-0.2, -0.15) is 0 Å². The van der Waals surface area contributed by atoms with E-state index in [0.717, 1.165) is 47.9 Å². The van der Waals surface area contributed by atoms with Gasteiger partial charge in [0.1, 0.15) is 11.6 Å². The highest BCUT2D eigenvalue weighted by Crippen LogP contribution is 2.42. The lowest BCUT2D eigenvalue weighted by atomic mass is 10.1. The molecular formula is C18H24N4O2. The van der Waals surface area contributed by atoms with Gasteiger partial charge in [-0.15, -0.1) is 0 Å². The fourth-order valence-electron chi connectivity index (χ4n) is 3.36. The van der Waals surface area contributed by atoms with Crippen molar-refractivity contribution < 1.29 is 9.47 Å². The fraction of sp³-hybridized carbons (Fsp3) is 0.556. The van der Waals surface area contributed by atoms with Gasteiger partial charge in [-0.05, 0) is 25.8 Å². The maximum absolute atomic E-state index is 5.49. The Morgan fingerprint density at radius 2 is 1.88 bits per heavy atom. The summed E-state index contributed by atoms with van der Waals surface area (Å²) >= 11 is 0. The van der Waals surface area contributed by atoms with Gasteiger partial charge in [-0.3, -0.25) is 0 Å². The van der Waals surface area contributed by atoms with Crippen LogP contribution in [0.4, 0.5) is 5.82 Å². The first kappa shape index (κ1) is 15.4. The van der Waals surface area contributed by atoms with Gasteiger partial charge in [0.05, 0.1) is 19.7 Å². The van der Waals surface area contributed by atoms with Crippen LogP contribution in [-0.4, -0.2) is 49.9 Å². The van der Waals surface area contributed by atoms with Crippen molar-refractivity contribution in [2.45, 2.75) is 31.7 Å². The zero-order valence-corrected chi connectivity index (χ0v) is 14.5. The highest BCUT2D eigenvalue weighted by atomic mass is 16.5. The monoisotopic (exact) mass is 328 g/mol. The molecule has 1 aromatic heterocycles. The minimum atomic E-state index is 0.400. The van der Waals surface area contributed by atoms with Crippen LogP contribution in [0, 0.1) is 0 Å². The van der Waals surface area contributed by atoms with Crippen LogP contribution in [0.5, 0.6) is 11.5 Å². The smallest absolute Gasteiger partial charge is 0.162 e. The molecule has 0 amide bonds. The first-order valence-electron chi connectivity index (χ1n) is 8.62. The number of benzene rings is 1. The van der Waals surface area contributed by atoms with E-state index < -0.39 is 0 Å². The first-order valence-corrected chi connectivity index (χ1v) is 8.62. The highest BCUT2D eigenvalue weighted by molar-refractivity contribution is 5.92. The predicted molar refractivity (Wildman–Crippen MR) is 94.3 cm³/mol. The van der Waals surface area contributed by atoms with Gasteiger partial charge >= 0.3 is 0 Å². The van der Waals surface area contributed by atoms with E-state index in [2.05, 4.69) is 17.1 Å². The van der Waals surface area contributed by atoms with E-state index >= 15 is 0 Å². The summed E-state index contributed by atoms with van der Waals surface area (Å²) in [5.74, 6) is 3.94. The zero-order valence-electron chi connectivity index (χ0n) is 14.5. The molecular weight excluding hydrogens is 304 g/mol. The number of hydrogen-bond acceptors (Lipinski definition) is 6. The molecule has 24 heavy (non-hydrogen) atoms. The minimum absolute atomic E-state index is 0.400. The van der Waals surface area contributed by atoms with Gasteiger partial charge in [0, 0.05) is 43.0 Å². The average Bonchev–Trinajstić information content (AvgIpc) is 3.45. The van der Waals surface area contributed by atoms with Gasteiger partial charge in [0.15, 0.2) is 11.5 Å². The van der Waals surface area contributed by atoms with Crippen LogP contribution in [0.2, 0.25) is 0 Å². The Labute approximate surface area is 142 Å². The number of ether oxygens (including phenoxy) is 2. The van der Waals surface area contributed by atoms with Crippen molar-refractivity contribution in [2.75, 3.05) is 38.8 Å². The van der Waals surface area contributed by atoms with E-state index in [9.17, 15) is 0 Å². The Morgan fingerprint density at radius 1 is 1.12 bits per heavy atom. The molecule has 1 aliphatic heterocycles. The molecule has 1 unspecified atom stereocenters. The molecule has 2 aromatic rings. The molecule has 128 valence electrons. The Morgan fingerprint density at radius 3 is 2.54 bits per heavy atom.